The summed E-state index contributed by atoms with van der Waals surface area (Å²) in [7, 11) is 0. The van der Waals surface area contributed by atoms with Gasteiger partial charge in [0, 0.05) is 0 Å². The molecule has 2 aliphatic rings. The van der Waals surface area contributed by atoms with Crippen molar-refractivity contribution in [2.45, 2.75) is 34.1 Å². The molecule has 0 N–H and O–H groups in total. The second kappa shape index (κ2) is 11.4. The van der Waals surface area contributed by atoms with Crippen LogP contribution in [0, 0.1) is 27.7 Å². The Hall–Kier alpha value is -2.44. The zero-order chi connectivity index (χ0) is 25.0. The fourth-order valence-electron chi connectivity index (χ4n) is 6.09. The van der Waals surface area contributed by atoms with Crippen LogP contribution < -0.4 is 35.3 Å². The molecule has 0 fully saturated rings. The Morgan fingerprint density at radius 2 is 1.18 bits per heavy atom. The Kier molecular flexibility index (Phi) is 8.53. The van der Waals surface area contributed by atoms with Crippen LogP contribution in [-0.4, -0.2) is 0 Å². The van der Waals surface area contributed by atoms with E-state index < -0.39 is 0 Å². The van der Waals surface area contributed by atoms with Crippen molar-refractivity contribution in [1.29, 1.82) is 0 Å². The number of halogens is 2. The quantitative estimate of drug-likeness (QED) is 0.327. The molecular formula is C35H29Cl2Zr. The van der Waals surface area contributed by atoms with E-state index in [2.05, 4.69) is 119 Å². The van der Waals surface area contributed by atoms with E-state index in [0.29, 0.717) is 0 Å². The average Bonchev–Trinajstić information content (AvgIpc) is 3.53. The zero-order valence-corrected chi connectivity index (χ0v) is 26.1. The molecule has 6 rings (SSSR count). The number of fused-ring (bicyclic) bond motifs is 3. The van der Waals surface area contributed by atoms with Gasteiger partial charge < -0.3 is 24.8 Å². The van der Waals surface area contributed by atoms with Gasteiger partial charge in [0.15, 0.2) is 0 Å². The van der Waals surface area contributed by atoms with Gasteiger partial charge in [-0.05, 0) is 0 Å². The van der Waals surface area contributed by atoms with Crippen molar-refractivity contribution in [3.8, 4) is 11.1 Å². The van der Waals surface area contributed by atoms with E-state index in [9.17, 15) is 0 Å². The fraction of sp³-hybridized carbons (Fsp3) is 0.143. The van der Waals surface area contributed by atoms with E-state index in [-0.39, 0.29) is 24.8 Å². The van der Waals surface area contributed by atoms with Crippen molar-refractivity contribution >= 4 is 14.4 Å². The SMILES string of the molecule is Cc1c(C)c(C2=CC=CC2)c2c(c1C)-c1c(C)c(=C(c3ccccc3)c3ccccc3)ccc1=[C]2[Zr+2].[Cl-].[Cl-]. The Bertz CT molecular complexity index is 1690. The largest absolute Gasteiger partial charge is 1.00 e. The van der Waals surface area contributed by atoms with Crippen LogP contribution in [0.2, 0.25) is 0 Å². The summed E-state index contributed by atoms with van der Waals surface area (Å²) in [6.45, 7) is 9.29. The van der Waals surface area contributed by atoms with E-state index in [1.54, 1.807) is 0 Å². The maximum absolute atomic E-state index is 2.39. The van der Waals surface area contributed by atoms with Gasteiger partial charge in [-0.15, -0.1) is 0 Å². The minimum atomic E-state index is 0. The number of hydrogen-bond donors (Lipinski definition) is 0. The summed E-state index contributed by atoms with van der Waals surface area (Å²) >= 11 is 1.48. The molecule has 0 heterocycles. The molecule has 0 saturated carbocycles. The second-order valence-electron chi connectivity index (χ2n) is 9.97. The van der Waals surface area contributed by atoms with Crippen LogP contribution >= 0.6 is 0 Å². The van der Waals surface area contributed by atoms with Gasteiger partial charge >= 0.3 is 230 Å². The number of rotatable bonds is 3. The molecule has 2 aliphatic carbocycles. The topological polar surface area (TPSA) is 0 Å². The van der Waals surface area contributed by atoms with Crippen LogP contribution in [-0.2, 0) is 24.7 Å². The van der Waals surface area contributed by atoms with E-state index in [1.165, 1.54) is 105 Å². The number of allylic oxidation sites excluding steroid dienone is 4. The van der Waals surface area contributed by atoms with Crippen LogP contribution in [0.25, 0.3) is 25.6 Å². The molecule has 38 heavy (non-hydrogen) atoms. The summed E-state index contributed by atoms with van der Waals surface area (Å²) in [6.07, 6.45) is 7.84. The van der Waals surface area contributed by atoms with Gasteiger partial charge in [0.05, 0.1) is 0 Å². The Labute approximate surface area is 253 Å². The van der Waals surface area contributed by atoms with Crippen molar-refractivity contribution in [1.82, 2.24) is 0 Å². The molecule has 0 spiro atoms. The van der Waals surface area contributed by atoms with Crippen molar-refractivity contribution in [2.75, 3.05) is 0 Å². The third-order valence-electron chi connectivity index (χ3n) is 8.10. The first-order valence-corrected chi connectivity index (χ1v) is 13.9. The first kappa shape index (κ1) is 28.6. The monoisotopic (exact) mass is 609 g/mol. The van der Waals surface area contributed by atoms with Gasteiger partial charge in [-0.2, -0.15) is 0 Å². The molecule has 0 nitrogen and oxygen atoms in total. The third kappa shape index (κ3) is 4.44. The summed E-state index contributed by atoms with van der Waals surface area (Å²) in [6, 6.07) is 26.5. The van der Waals surface area contributed by atoms with Crippen molar-refractivity contribution in [2.24, 2.45) is 0 Å². The molecule has 0 aromatic heterocycles. The van der Waals surface area contributed by atoms with E-state index in [4.69, 9.17) is 0 Å². The molecule has 0 radical (unpaired) electrons. The van der Waals surface area contributed by atoms with E-state index >= 15 is 0 Å². The summed E-state index contributed by atoms with van der Waals surface area (Å²) in [5.74, 6) is 0. The Balaban J connectivity index is 0.00000168. The number of benzene rings is 4. The molecule has 0 saturated heterocycles. The summed E-state index contributed by atoms with van der Waals surface area (Å²) in [4.78, 5) is 0. The van der Waals surface area contributed by atoms with Gasteiger partial charge in [0.1, 0.15) is 0 Å². The molecule has 0 atom stereocenters. The molecule has 0 amide bonds. The maximum Gasteiger partial charge on any atom is -1.00 e. The van der Waals surface area contributed by atoms with Gasteiger partial charge in [0.2, 0.25) is 0 Å². The standard InChI is InChI=1S/C35H29.2ClH.Zr/c1-22-23(2)32(26-17-11-12-18-26)31-21-29-19-20-30(25(4)33(29)34(31)24(22)3)35(27-13-7-5-8-14-27)28-15-9-6-10-16-28;;;/h5-17,19-20H,18H2,1-4H3;2*1H;/q;;;+2/p-2. The van der Waals surface area contributed by atoms with Crippen LogP contribution in [0.15, 0.2) is 91.0 Å². The summed E-state index contributed by atoms with van der Waals surface area (Å²) in [5, 5.41) is 2.74. The maximum atomic E-state index is 2.39. The van der Waals surface area contributed by atoms with Gasteiger partial charge in [-0.1, -0.05) is 0 Å². The predicted molar refractivity (Wildman–Crippen MR) is 149 cm³/mol. The van der Waals surface area contributed by atoms with Crippen molar-refractivity contribution in [3.05, 3.63) is 146 Å². The molecule has 4 aromatic rings. The average molecular weight is 612 g/mol. The van der Waals surface area contributed by atoms with Gasteiger partial charge in [-0.3, -0.25) is 0 Å². The molecular weight excluding hydrogens is 583 g/mol. The smallest absolute Gasteiger partial charge is 1.00 e. The van der Waals surface area contributed by atoms with Crippen molar-refractivity contribution in [3.63, 3.8) is 0 Å². The summed E-state index contributed by atoms with van der Waals surface area (Å²) in [5.41, 5.74) is 16.8. The van der Waals surface area contributed by atoms with Crippen LogP contribution in [0.3, 0.4) is 0 Å². The molecule has 3 heteroatoms. The zero-order valence-electron chi connectivity index (χ0n) is 22.1. The van der Waals surface area contributed by atoms with Crippen LogP contribution in [0.4, 0.5) is 0 Å². The van der Waals surface area contributed by atoms with Crippen LogP contribution in [0.5, 0.6) is 0 Å². The fourth-order valence-corrected chi connectivity index (χ4v) is 7.21. The van der Waals surface area contributed by atoms with Crippen molar-refractivity contribution < 1.29 is 49.5 Å². The molecule has 0 aliphatic heterocycles. The van der Waals surface area contributed by atoms with E-state index in [0.717, 1.165) is 6.42 Å². The first-order chi connectivity index (χ1) is 17.5. The van der Waals surface area contributed by atoms with Crippen LogP contribution in [0.1, 0.15) is 50.9 Å². The first-order valence-electron chi connectivity index (χ1n) is 12.7. The molecule has 0 bridgehead atoms. The van der Waals surface area contributed by atoms with E-state index in [1.807, 2.05) is 0 Å². The summed E-state index contributed by atoms with van der Waals surface area (Å²) < 4.78 is 1.50. The molecule has 187 valence electrons. The Morgan fingerprint density at radius 3 is 1.74 bits per heavy atom. The number of hydrogen-bond acceptors (Lipinski definition) is 0. The predicted octanol–water partition coefficient (Wildman–Crippen LogP) is 1.20. The molecule has 0 unspecified atom stereocenters. The Morgan fingerprint density at radius 1 is 0.605 bits per heavy atom. The van der Waals surface area contributed by atoms with Gasteiger partial charge in [0.25, 0.3) is 0 Å². The normalized spacial score (nSPS) is 12.9. The molecule has 4 aromatic carbocycles. The minimum Gasteiger partial charge on any atom is -1.00 e. The second-order valence-corrected chi connectivity index (χ2v) is 11.2. The minimum absolute atomic E-state index is 0. The van der Waals surface area contributed by atoms with Gasteiger partial charge in [-0.25, -0.2) is 0 Å². The third-order valence-corrected chi connectivity index (χ3v) is 9.37.